The zero-order valence-electron chi connectivity index (χ0n) is 11.7. The van der Waals surface area contributed by atoms with Crippen LogP contribution in [0, 0.1) is 34.5 Å². The van der Waals surface area contributed by atoms with Gasteiger partial charge in [-0.05, 0) is 48.3 Å². The molecule has 0 saturated heterocycles. The predicted molar refractivity (Wildman–Crippen MR) is 67.4 cm³/mol. The number of aliphatic hydroxyl groups is 2. The first-order chi connectivity index (χ1) is 7.66. The van der Waals surface area contributed by atoms with Crippen LogP contribution in [-0.2, 0) is 0 Å². The second-order valence-electron chi connectivity index (χ2n) is 7.89. The first-order valence-electron chi connectivity index (χ1n) is 7.06. The van der Waals surface area contributed by atoms with Gasteiger partial charge >= 0.3 is 0 Å². The SMILES string of the molecule is CC1CCC2C(C)(C)C3[C@H](C(O)[C@]3(C)O)[C@]12C. The van der Waals surface area contributed by atoms with Gasteiger partial charge in [-0.2, -0.15) is 0 Å². The molecule has 0 heterocycles. The number of hydrogen-bond acceptors (Lipinski definition) is 2. The summed E-state index contributed by atoms with van der Waals surface area (Å²) in [7, 11) is 0. The molecule has 0 aromatic carbocycles. The Morgan fingerprint density at radius 3 is 2.24 bits per heavy atom. The minimum atomic E-state index is -0.874. The molecular weight excluding hydrogens is 212 g/mol. The molecule has 3 aliphatic carbocycles. The average Bonchev–Trinajstić information content (AvgIpc) is 2.59. The highest BCUT2D eigenvalue weighted by atomic mass is 16.3. The first-order valence-corrected chi connectivity index (χ1v) is 7.06. The zero-order valence-corrected chi connectivity index (χ0v) is 11.7. The van der Waals surface area contributed by atoms with Gasteiger partial charge in [0, 0.05) is 5.92 Å². The monoisotopic (exact) mass is 238 g/mol. The summed E-state index contributed by atoms with van der Waals surface area (Å²) >= 11 is 0. The first kappa shape index (κ1) is 12.0. The van der Waals surface area contributed by atoms with Gasteiger partial charge in [-0.15, -0.1) is 0 Å². The van der Waals surface area contributed by atoms with E-state index in [4.69, 9.17) is 0 Å². The van der Waals surface area contributed by atoms with E-state index in [1.165, 1.54) is 12.8 Å². The van der Waals surface area contributed by atoms with Crippen LogP contribution in [-0.4, -0.2) is 21.9 Å². The molecule has 0 aromatic heterocycles. The minimum absolute atomic E-state index is 0.160. The van der Waals surface area contributed by atoms with Gasteiger partial charge in [-0.1, -0.05) is 27.7 Å². The summed E-state index contributed by atoms with van der Waals surface area (Å²) in [6.45, 7) is 11.1. The second-order valence-corrected chi connectivity index (χ2v) is 7.89. The molecule has 4 unspecified atom stereocenters. The lowest BCUT2D eigenvalue weighted by atomic mass is 9.51. The fourth-order valence-corrected chi connectivity index (χ4v) is 6.22. The van der Waals surface area contributed by atoms with E-state index in [1.54, 1.807) is 0 Å². The van der Waals surface area contributed by atoms with Crippen molar-refractivity contribution in [2.45, 2.75) is 59.2 Å². The highest BCUT2D eigenvalue weighted by Crippen LogP contribution is 2.76. The smallest absolute Gasteiger partial charge is 0.0917 e. The molecular formula is C15H26O2. The van der Waals surface area contributed by atoms with E-state index >= 15 is 0 Å². The third-order valence-corrected chi connectivity index (χ3v) is 7.05. The van der Waals surface area contributed by atoms with Crippen molar-refractivity contribution in [2.75, 3.05) is 0 Å². The van der Waals surface area contributed by atoms with Crippen molar-refractivity contribution in [1.82, 2.24) is 0 Å². The molecule has 3 fully saturated rings. The molecule has 3 saturated carbocycles. The Morgan fingerprint density at radius 1 is 1.06 bits per heavy atom. The van der Waals surface area contributed by atoms with Crippen molar-refractivity contribution in [3.63, 3.8) is 0 Å². The van der Waals surface area contributed by atoms with Gasteiger partial charge in [-0.3, -0.25) is 0 Å². The molecule has 7 atom stereocenters. The summed E-state index contributed by atoms with van der Waals surface area (Å²) in [5.41, 5.74) is -0.482. The van der Waals surface area contributed by atoms with E-state index in [2.05, 4.69) is 27.7 Å². The normalized spacial score (nSPS) is 64.1. The lowest BCUT2D eigenvalue weighted by Crippen LogP contribution is -2.68. The summed E-state index contributed by atoms with van der Waals surface area (Å²) in [6, 6.07) is 0. The lowest BCUT2D eigenvalue weighted by Gasteiger charge is -2.59. The van der Waals surface area contributed by atoms with Crippen LogP contribution in [0.3, 0.4) is 0 Å². The minimum Gasteiger partial charge on any atom is -0.390 e. The molecule has 0 bridgehead atoms. The maximum atomic E-state index is 10.5. The molecule has 0 aliphatic heterocycles. The van der Waals surface area contributed by atoms with Crippen LogP contribution in [0.4, 0.5) is 0 Å². The summed E-state index contributed by atoms with van der Waals surface area (Å²) in [5, 5.41) is 20.9. The van der Waals surface area contributed by atoms with Crippen molar-refractivity contribution >= 4 is 0 Å². The van der Waals surface area contributed by atoms with Crippen molar-refractivity contribution in [1.29, 1.82) is 0 Å². The largest absolute Gasteiger partial charge is 0.390 e. The van der Waals surface area contributed by atoms with Gasteiger partial charge in [0.1, 0.15) is 0 Å². The van der Waals surface area contributed by atoms with Crippen LogP contribution in [0.25, 0.3) is 0 Å². The molecule has 98 valence electrons. The summed E-state index contributed by atoms with van der Waals surface area (Å²) < 4.78 is 0. The fraction of sp³-hybridized carbons (Fsp3) is 1.00. The average molecular weight is 238 g/mol. The van der Waals surface area contributed by atoms with Crippen LogP contribution >= 0.6 is 0 Å². The molecule has 0 aromatic rings. The quantitative estimate of drug-likeness (QED) is 0.680. The van der Waals surface area contributed by atoms with Gasteiger partial charge in [0.05, 0.1) is 11.7 Å². The zero-order chi connectivity index (χ0) is 12.8. The van der Waals surface area contributed by atoms with E-state index in [9.17, 15) is 10.2 Å². The summed E-state index contributed by atoms with van der Waals surface area (Å²) in [6.07, 6.45) is 2.02. The Labute approximate surface area is 104 Å². The molecule has 2 nitrogen and oxygen atoms in total. The van der Waals surface area contributed by atoms with Gasteiger partial charge < -0.3 is 10.2 Å². The Bertz CT molecular complexity index is 360. The van der Waals surface area contributed by atoms with Crippen LogP contribution in [0.5, 0.6) is 0 Å². The third-order valence-electron chi connectivity index (χ3n) is 7.05. The number of hydrogen-bond donors (Lipinski definition) is 2. The van der Waals surface area contributed by atoms with E-state index < -0.39 is 11.7 Å². The van der Waals surface area contributed by atoms with Gasteiger partial charge in [0.25, 0.3) is 0 Å². The van der Waals surface area contributed by atoms with Crippen molar-refractivity contribution < 1.29 is 10.2 Å². The molecule has 3 aliphatic rings. The number of rotatable bonds is 0. The predicted octanol–water partition coefficient (Wildman–Crippen LogP) is 2.44. The Kier molecular flexibility index (Phi) is 2.05. The standard InChI is InChI=1S/C15H26O2/c1-8-6-7-9-13(2,3)11-10(14(8,9)4)12(16)15(11,5)17/h8-12,16-17H,6-7H2,1-5H3/t8?,9?,10-,11?,12?,14-,15-/m1/s1. The van der Waals surface area contributed by atoms with Crippen LogP contribution in [0.15, 0.2) is 0 Å². The van der Waals surface area contributed by atoms with Crippen molar-refractivity contribution in [2.24, 2.45) is 34.5 Å². The number of aliphatic hydroxyl groups excluding tert-OH is 1. The van der Waals surface area contributed by atoms with E-state index in [-0.39, 0.29) is 16.7 Å². The van der Waals surface area contributed by atoms with Gasteiger partial charge in [0.2, 0.25) is 0 Å². The van der Waals surface area contributed by atoms with Gasteiger partial charge in [0.15, 0.2) is 0 Å². The molecule has 3 rings (SSSR count). The van der Waals surface area contributed by atoms with Crippen molar-refractivity contribution in [3.05, 3.63) is 0 Å². The lowest BCUT2D eigenvalue weighted by molar-refractivity contribution is -0.254. The fourth-order valence-electron chi connectivity index (χ4n) is 6.22. The van der Waals surface area contributed by atoms with Crippen LogP contribution in [0.1, 0.15) is 47.5 Å². The van der Waals surface area contributed by atoms with Crippen molar-refractivity contribution in [3.8, 4) is 0 Å². The maximum Gasteiger partial charge on any atom is 0.0917 e. The Morgan fingerprint density at radius 2 is 1.65 bits per heavy atom. The van der Waals surface area contributed by atoms with E-state index in [0.29, 0.717) is 17.8 Å². The highest BCUT2D eigenvalue weighted by Gasteiger charge is 2.77. The topological polar surface area (TPSA) is 40.5 Å². The van der Waals surface area contributed by atoms with Crippen LogP contribution in [0.2, 0.25) is 0 Å². The Hall–Kier alpha value is -0.0800. The summed E-state index contributed by atoms with van der Waals surface area (Å²) in [4.78, 5) is 0. The molecule has 2 N–H and O–H groups in total. The Balaban J connectivity index is 2.10. The second kappa shape index (κ2) is 2.91. The van der Waals surface area contributed by atoms with E-state index in [0.717, 1.165) is 0 Å². The highest BCUT2D eigenvalue weighted by molar-refractivity contribution is 5.26. The van der Waals surface area contributed by atoms with Crippen LogP contribution < -0.4 is 0 Å². The van der Waals surface area contributed by atoms with E-state index in [1.807, 2.05) is 6.92 Å². The summed E-state index contributed by atoms with van der Waals surface area (Å²) in [5.74, 6) is 1.90. The molecule has 0 spiro atoms. The molecule has 17 heavy (non-hydrogen) atoms. The maximum absolute atomic E-state index is 10.5. The molecule has 0 amide bonds. The number of fused-ring (bicyclic) bond motifs is 3. The molecule has 0 radical (unpaired) electrons. The van der Waals surface area contributed by atoms with Gasteiger partial charge in [-0.25, -0.2) is 0 Å². The third kappa shape index (κ3) is 1.02. The molecule has 2 heteroatoms.